The zero-order valence-corrected chi connectivity index (χ0v) is 19.3. The predicted octanol–water partition coefficient (Wildman–Crippen LogP) is 2.95. The standard InChI is InChI=1S/C22H29N3O5S/c1-6-25(7-2)31(27,28)16-12-13-18(24(4)5)17(14-16)23-22(26)21-15(3)29-19-10-8-9-11-20(19)30-21/h8-15,21H,6-7H2,1-5H3,(H,23,26)/t15-,21-/m0/s1. The molecule has 0 aromatic heterocycles. The van der Waals surface area contributed by atoms with Gasteiger partial charge in [-0.15, -0.1) is 0 Å². The summed E-state index contributed by atoms with van der Waals surface area (Å²) >= 11 is 0. The van der Waals surface area contributed by atoms with Crippen LogP contribution in [0.1, 0.15) is 20.8 Å². The molecule has 1 aliphatic rings. The number of nitrogens with one attached hydrogen (secondary N) is 1. The molecule has 0 saturated heterocycles. The van der Waals surface area contributed by atoms with E-state index in [2.05, 4.69) is 5.32 Å². The van der Waals surface area contributed by atoms with Crippen LogP contribution in [0.15, 0.2) is 47.4 Å². The van der Waals surface area contributed by atoms with Gasteiger partial charge >= 0.3 is 0 Å². The highest BCUT2D eigenvalue weighted by atomic mass is 32.2. The van der Waals surface area contributed by atoms with Gasteiger partial charge in [-0.1, -0.05) is 26.0 Å². The van der Waals surface area contributed by atoms with Gasteiger partial charge in [0, 0.05) is 27.2 Å². The lowest BCUT2D eigenvalue weighted by molar-refractivity contribution is -0.128. The number of hydrogen-bond donors (Lipinski definition) is 1. The predicted molar refractivity (Wildman–Crippen MR) is 120 cm³/mol. The largest absolute Gasteiger partial charge is 0.482 e. The third-order valence-electron chi connectivity index (χ3n) is 5.15. The Hall–Kier alpha value is -2.78. The van der Waals surface area contributed by atoms with Gasteiger partial charge in [0.1, 0.15) is 6.10 Å². The van der Waals surface area contributed by atoms with Gasteiger partial charge in [-0.05, 0) is 37.3 Å². The van der Waals surface area contributed by atoms with Crippen LogP contribution in [0.5, 0.6) is 11.5 Å². The molecule has 3 rings (SSSR count). The molecular formula is C22H29N3O5S. The zero-order chi connectivity index (χ0) is 22.8. The first-order chi connectivity index (χ1) is 14.7. The minimum Gasteiger partial charge on any atom is -0.482 e. The number of hydrogen-bond acceptors (Lipinski definition) is 6. The maximum Gasteiger partial charge on any atom is 0.269 e. The zero-order valence-electron chi connectivity index (χ0n) is 18.5. The molecule has 2 aromatic carbocycles. The van der Waals surface area contributed by atoms with E-state index in [9.17, 15) is 13.2 Å². The van der Waals surface area contributed by atoms with Crippen molar-refractivity contribution in [2.75, 3.05) is 37.4 Å². The number of carbonyl (C=O) groups excluding carboxylic acids is 1. The van der Waals surface area contributed by atoms with Crippen LogP contribution in [0.4, 0.5) is 11.4 Å². The lowest BCUT2D eigenvalue weighted by atomic mass is 10.1. The summed E-state index contributed by atoms with van der Waals surface area (Å²) < 4.78 is 39.0. The maximum atomic E-state index is 13.1. The van der Waals surface area contributed by atoms with Crippen molar-refractivity contribution in [1.29, 1.82) is 0 Å². The van der Waals surface area contributed by atoms with E-state index in [0.29, 0.717) is 36.0 Å². The Kier molecular flexibility index (Phi) is 6.76. The Labute approximate surface area is 183 Å². The molecular weight excluding hydrogens is 418 g/mol. The van der Waals surface area contributed by atoms with Crippen molar-refractivity contribution in [3.63, 3.8) is 0 Å². The van der Waals surface area contributed by atoms with Crippen LogP contribution >= 0.6 is 0 Å². The lowest BCUT2D eigenvalue weighted by Gasteiger charge is -2.31. The summed E-state index contributed by atoms with van der Waals surface area (Å²) in [5, 5.41) is 2.84. The monoisotopic (exact) mass is 447 g/mol. The Bertz CT molecular complexity index is 1050. The highest BCUT2D eigenvalue weighted by Crippen LogP contribution is 2.34. The third-order valence-corrected chi connectivity index (χ3v) is 7.20. The molecule has 0 bridgehead atoms. The fraction of sp³-hybridized carbons (Fsp3) is 0.409. The molecule has 1 amide bonds. The molecule has 0 saturated carbocycles. The van der Waals surface area contributed by atoms with Crippen molar-refractivity contribution in [3.05, 3.63) is 42.5 Å². The molecule has 1 N–H and O–H groups in total. The number of carbonyl (C=O) groups is 1. The SMILES string of the molecule is CCN(CC)S(=O)(=O)c1ccc(N(C)C)c(NC(=O)[C@H]2Oc3ccccc3O[C@H]2C)c1. The van der Waals surface area contributed by atoms with Crippen LogP contribution < -0.4 is 19.7 Å². The number of para-hydroxylation sites is 2. The number of fused-ring (bicyclic) bond motifs is 1. The van der Waals surface area contributed by atoms with Gasteiger partial charge in [-0.2, -0.15) is 4.31 Å². The van der Waals surface area contributed by atoms with Crippen molar-refractivity contribution in [2.45, 2.75) is 37.9 Å². The summed E-state index contributed by atoms with van der Waals surface area (Å²) in [4.78, 5) is 15.0. The number of rotatable bonds is 7. The number of nitrogens with zero attached hydrogens (tertiary/aromatic N) is 2. The molecule has 168 valence electrons. The van der Waals surface area contributed by atoms with Gasteiger partial charge in [-0.25, -0.2) is 8.42 Å². The van der Waals surface area contributed by atoms with Crippen LogP contribution in [-0.2, 0) is 14.8 Å². The van der Waals surface area contributed by atoms with Crippen molar-refractivity contribution in [1.82, 2.24) is 4.31 Å². The second-order valence-corrected chi connectivity index (χ2v) is 9.40. The van der Waals surface area contributed by atoms with E-state index in [-0.39, 0.29) is 4.90 Å². The number of amides is 1. The van der Waals surface area contributed by atoms with E-state index >= 15 is 0 Å². The topological polar surface area (TPSA) is 88.2 Å². The first-order valence-electron chi connectivity index (χ1n) is 10.2. The quantitative estimate of drug-likeness (QED) is 0.702. The Balaban J connectivity index is 1.92. The van der Waals surface area contributed by atoms with Gasteiger partial charge < -0.3 is 19.7 Å². The summed E-state index contributed by atoms with van der Waals surface area (Å²) in [5.41, 5.74) is 1.06. The highest BCUT2D eigenvalue weighted by molar-refractivity contribution is 7.89. The van der Waals surface area contributed by atoms with E-state index in [0.717, 1.165) is 0 Å². The van der Waals surface area contributed by atoms with Gasteiger partial charge in [0.2, 0.25) is 16.1 Å². The van der Waals surface area contributed by atoms with E-state index in [4.69, 9.17) is 9.47 Å². The molecule has 1 heterocycles. The van der Waals surface area contributed by atoms with Crippen LogP contribution in [0, 0.1) is 0 Å². The van der Waals surface area contributed by atoms with Gasteiger partial charge in [0.05, 0.1) is 16.3 Å². The average molecular weight is 448 g/mol. The first-order valence-corrected chi connectivity index (χ1v) is 11.7. The smallest absolute Gasteiger partial charge is 0.269 e. The van der Waals surface area contributed by atoms with Crippen molar-refractivity contribution in [2.24, 2.45) is 0 Å². The van der Waals surface area contributed by atoms with Gasteiger partial charge in [0.15, 0.2) is 11.5 Å². The van der Waals surface area contributed by atoms with Crippen LogP contribution in [0.2, 0.25) is 0 Å². The Morgan fingerprint density at radius 2 is 1.65 bits per heavy atom. The van der Waals surface area contributed by atoms with Gasteiger partial charge in [-0.3, -0.25) is 4.79 Å². The van der Waals surface area contributed by atoms with Crippen LogP contribution in [0.25, 0.3) is 0 Å². The second kappa shape index (κ2) is 9.15. The minimum absolute atomic E-state index is 0.122. The molecule has 0 aliphatic carbocycles. The molecule has 0 fully saturated rings. The van der Waals surface area contributed by atoms with Crippen LogP contribution in [-0.4, -0.2) is 58.0 Å². The molecule has 0 unspecified atom stereocenters. The lowest BCUT2D eigenvalue weighted by Crippen LogP contribution is -2.46. The van der Waals surface area contributed by atoms with E-state index in [1.165, 1.54) is 10.4 Å². The Morgan fingerprint density at radius 3 is 2.23 bits per heavy atom. The number of anilines is 2. The highest BCUT2D eigenvalue weighted by Gasteiger charge is 2.34. The minimum atomic E-state index is -3.67. The summed E-state index contributed by atoms with van der Waals surface area (Å²) in [6.45, 7) is 6.06. The molecule has 1 aliphatic heterocycles. The molecule has 8 nitrogen and oxygen atoms in total. The maximum absolute atomic E-state index is 13.1. The summed E-state index contributed by atoms with van der Waals surface area (Å²) in [5.74, 6) is 0.661. The van der Waals surface area contributed by atoms with E-state index < -0.39 is 28.1 Å². The summed E-state index contributed by atoms with van der Waals surface area (Å²) in [6, 6.07) is 11.9. The molecule has 31 heavy (non-hydrogen) atoms. The molecule has 9 heteroatoms. The molecule has 2 atom stereocenters. The van der Waals surface area contributed by atoms with Crippen molar-refractivity contribution in [3.8, 4) is 11.5 Å². The Morgan fingerprint density at radius 1 is 1.03 bits per heavy atom. The summed E-state index contributed by atoms with van der Waals surface area (Å²) in [6.07, 6.45) is -1.40. The summed E-state index contributed by atoms with van der Waals surface area (Å²) in [7, 11) is -0.0259. The van der Waals surface area contributed by atoms with Crippen molar-refractivity contribution >= 4 is 27.3 Å². The van der Waals surface area contributed by atoms with E-state index in [1.54, 1.807) is 56.0 Å². The van der Waals surface area contributed by atoms with Gasteiger partial charge in [0.25, 0.3) is 5.91 Å². The molecule has 2 aromatic rings. The van der Waals surface area contributed by atoms with Crippen molar-refractivity contribution < 1.29 is 22.7 Å². The normalized spacial score (nSPS) is 18.0. The third kappa shape index (κ3) is 4.62. The second-order valence-electron chi connectivity index (χ2n) is 7.46. The first kappa shape index (κ1) is 22.9. The number of benzene rings is 2. The molecule has 0 spiro atoms. The number of ether oxygens (including phenoxy) is 2. The average Bonchev–Trinajstić information content (AvgIpc) is 2.73. The fourth-order valence-electron chi connectivity index (χ4n) is 3.49. The van der Waals surface area contributed by atoms with E-state index in [1.807, 2.05) is 20.2 Å². The molecule has 0 radical (unpaired) electrons. The van der Waals surface area contributed by atoms with Crippen LogP contribution in [0.3, 0.4) is 0 Å². The number of sulfonamides is 1. The fourth-order valence-corrected chi connectivity index (χ4v) is 4.97.